The second kappa shape index (κ2) is 10.9. The Bertz CT molecular complexity index is 2750. The zero-order valence-electron chi connectivity index (χ0n) is 29.8. The van der Waals surface area contributed by atoms with E-state index in [1.54, 1.807) is 5.56 Å². The van der Waals surface area contributed by atoms with Crippen LogP contribution in [0, 0.1) is 0 Å². The van der Waals surface area contributed by atoms with Gasteiger partial charge in [-0.1, -0.05) is 166 Å². The van der Waals surface area contributed by atoms with Crippen LogP contribution in [0.5, 0.6) is 0 Å². The predicted octanol–water partition coefficient (Wildman–Crippen LogP) is 14.1. The first-order chi connectivity index (χ1) is 25.5. The average Bonchev–Trinajstić information content (AvgIpc) is 3.86. The Labute approximate surface area is 306 Å². The van der Waals surface area contributed by atoms with Gasteiger partial charge >= 0.3 is 0 Å². The summed E-state index contributed by atoms with van der Waals surface area (Å²) >= 11 is 0. The highest BCUT2D eigenvalue weighted by atomic mass is 14.5. The highest BCUT2D eigenvalue weighted by Gasteiger charge is 2.45. The van der Waals surface area contributed by atoms with E-state index in [2.05, 4.69) is 172 Å². The minimum absolute atomic E-state index is 0.0686. The van der Waals surface area contributed by atoms with E-state index in [0.29, 0.717) is 0 Å². The van der Waals surface area contributed by atoms with Crippen molar-refractivity contribution in [1.29, 1.82) is 0 Å². The molecule has 52 heavy (non-hydrogen) atoms. The van der Waals surface area contributed by atoms with Crippen molar-refractivity contribution >= 4 is 21.5 Å². The van der Waals surface area contributed by atoms with Crippen LogP contribution >= 0.6 is 0 Å². The molecule has 1 spiro atoms. The maximum atomic E-state index is 2.59. The standard InChI is InChI=1S/C52H40/c1-51(2)45-20-10-8-16-37(45)39-25-23-35(31-47(39)51)50-42-19-7-6-18-41(42)49(43-27-22-34(30-44(43)50)33-14-4-3-5-15-33)36-24-26-40-38-17-9-11-21-46(38)52(48(40)32-36)28-12-13-29-52/h3-11,14-27,30-32H,12-13,28-29H2,1-2H3. The molecule has 0 nitrogen and oxygen atoms in total. The summed E-state index contributed by atoms with van der Waals surface area (Å²) < 4.78 is 0. The van der Waals surface area contributed by atoms with Crippen LogP contribution in [-0.4, -0.2) is 0 Å². The Hall–Kier alpha value is -5.72. The third-order valence-electron chi connectivity index (χ3n) is 13.0. The molecule has 1 saturated carbocycles. The lowest BCUT2D eigenvalue weighted by atomic mass is 9.76. The Morgan fingerprint density at radius 2 is 0.846 bits per heavy atom. The lowest BCUT2D eigenvalue weighted by Gasteiger charge is -2.27. The summed E-state index contributed by atoms with van der Waals surface area (Å²) in [6.07, 6.45) is 5.06. The highest BCUT2D eigenvalue weighted by molar-refractivity contribution is 6.22. The van der Waals surface area contributed by atoms with E-state index in [-0.39, 0.29) is 10.8 Å². The van der Waals surface area contributed by atoms with Crippen LogP contribution in [0.15, 0.2) is 158 Å². The molecule has 11 rings (SSSR count). The van der Waals surface area contributed by atoms with Crippen molar-refractivity contribution in [3.63, 3.8) is 0 Å². The molecule has 0 bridgehead atoms. The van der Waals surface area contributed by atoms with Gasteiger partial charge in [0.15, 0.2) is 0 Å². The summed E-state index contributed by atoms with van der Waals surface area (Å²) in [5.74, 6) is 0. The van der Waals surface area contributed by atoms with Gasteiger partial charge in [0.25, 0.3) is 0 Å². The maximum Gasteiger partial charge on any atom is 0.0215 e. The monoisotopic (exact) mass is 664 g/mol. The molecule has 0 radical (unpaired) electrons. The number of benzene rings is 8. The van der Waals surface area contributed by atoms with E-state index < -0.39 is 0 Å². The van der Waals surface area contributed by atoms with Crippen molar-refractivity contribution in [3.8, 4) is 55.6 Å². The van der Waals surface area contributed by atoms with Gasteiger partial charge in [0.2, 0.25) is 0 Å². The van der Waals surface area contributed by atoms with Gasteiger partial charge in [-0.05, 0) is 130 Å². The summed E-state index contributed by atoms with van der Waals surface area (Å²) in [6, 6.07) is 60.1. The van der Waals surface area contributed by atoms with Crippen LogP contribution in [-0.2, 0) is 10.8 Å². The normalized spacial score (nSPS) is 15.9. The van der Waals surface area contributed by atoms with Crippen molar-refractivity contribution in [2.45, 2.75) is 50.4 Å². The first-order valence-electron chi connectivity index (χ1n) is 19.1. The Morgan fingerprint density at radius 3 is 1.56 bits per heavy atom. The molecule has 0 saturated heterocycles. The smallest absolute Gasteiger partial charge is 0.0215 e. The Balaban J connectivity index is 1.20. The SMILES string of the molecule is CC1(C)c2ccccc2-c2ccc(-c3c4ccccc4c(-c4ccc5c(c4)C4(CCCC4)c4ccccc4-5)c4ccc(-c5ccccc5)cc34)cc21. The van der Waals surface area contributed by atoms with Crippen molar-refractivity contribution in [3.05, 3.63) is 180 Å². The van der Waals surface area contributed by atoms with Crippen LogP contribution in [0.4, 0.5) is 0 Å². The summed E-state index contributed by atoms with van der Waals surface area (Å²) in [5, 5.41) is 5.24. The first kappa shape index (κ1) is 30.0. The summed E-state index contributed by atoms with van der Waals surface area (Å²) in [5.41, 5.74) is 19.3. The predicted molar refractivity (Wildman–Crippen MR) is 220 cm³/mol. The molecule has 0 amide bonds. The number of rotatable bonds is 3. The summed E-state index contributed by atoms with van der Waals surface area (Å²) in [6.45, 7) is 4.77. The van der Waals surface area contributed by atoms with Crippen LogP contribution in [0.3, 0.4) is 0 Å². The molecule has 0 unspecified atom stereocenters. The lowest BCUT2D eigenvalue weighted by Crippen LogP contribution is -2.20. The lowest BCUT2D eigenvalue weighted by molar-refractivity contribution is 0.550. The molecule has 0 aromatic heterocycles. The molecule has 1 fully saturated rings. The van der Waals surface area contributed by atoms with E-state index in [1.165, 1.54) is 120 Å². The second-order valence-electron chi connectivity index (χ2n) is 15.9. The van der Waals surface area contributed by atoms with Gasteiger partial charge in [-0.2, -0.15) is 0 Å². The maximum absolute atomic E-state index is 2.59. The fraction of sp³-hybridized carbons (Fsp3) is 0.154. The molecule has 0 aliphatic heterocycles. The molecule has 0 atom stereocenters. The van der Waals surface area contributed by atoms with Gasteiger partial charge < -0.3 is 0 Å². The first-order valence-corrected chi connectivity index (χ1v) is 19.1. The summed E-state index contributed by atoms with van der Waals surface area (Å²) in [7, 11) is 0. The van der Waals surface area contributed by atoms with Gasteiger partial charge in [0.1, 0.15) is 0 Å². The molecule has 0 heteroatoms. The van der Waals surface area contributed by atoms with E-state index in [0.717, 1.165) is 0 Å². The highest BCUT2D eigenvalue weighted by Crippen LogP contribution is 2.58. The molecule has 8 aromatic carbocycles. The molecular weight excluding hydrogens is 625 g/mol. The zero-order chi connectivity index (χ0) is 34.6. The molecule has 3 aliphatic rings. The second-order valence-corrected chi connectivity index (χ2v) is 15.9. The van der Waals surface area contributed by atoms with Gasteiger partial charge in [-0.25, -0.2) is 0 Å². The van der Waals surface area contributed by atoms with Crippen molar-refractivity contribution in [2.24, 2.45) is 0 Å². The van der Waals surface area contributed by atoms with Crippen LogP contribution in [0.25, 0.3) is 77.2 Å². The molecule has 8 aromatic rings. The van der Waals surface area contributed by atoms with E-state index in [1.807, 2.05) is 0 Å². The Kier molecular flexibility index (Phi) is 6.28. The summed E-state index contributed by atoms with van der Waals surface area (Å²) in [4.78, 5) is 0. The molecule has 0 N–H and O–H groups in total. The third kappa shape index (κ3) is 4.04. The van der Waals surface area contributed by atoms with E-state index in [9.17, 15) is 0 Å². The molecule has 0 heterocycles. The topological polar surface area (TPSA) is 0 Å². The van der Waals surface area contributed by atoms with Crippen LogP contribution < -0.4 is 0 Å². The van der Waals surface area contributed by atoms with Crippen LogP contribution in [0.1, 0.15) is 61.8 Å². The van der Waals surface area contributed by atoms with Crippen molar-refractivity contribution in [1.82, 2.24) is 0 Å². The quantitative estimate of drug-likeness (QED) is 0.165. The molecule has 3 aliphatic carbocycles. The van der Waals surface area contributed by atoms with E-state index in [4.69, 9.17) is 0 Å². The molecular formula is C52H40. The van der Waals surface area contributed by atoms with Gasteiger partial charge in [0.05, 0.1) is 0 Å². The Morgan fingerprint density at radius 1 is 0.346 bits per heavy atom. The van der Waals surface area contributed by atoms with Crippen molar-refractivity contribution < 1.29 is 0 Å². The average molecular weight is 665 g/mol. The van der Waals surface area contributed by atoms with Crippen LogP contribution in [0.2, 0.25) is 0 Å². The van der Waals surface area contributed by atoms with Gasteiger partial charge in [-0.15, -0.1) is 0 Å². The van der Waals surface area contributed by atoms with Crippen molar-refractivity contribution in [2.75, 3.05) is 0 Å². The number of fused-ring (bicyclic) bond motifs is 10. The largest absolute Gasteiger partial charge is 0.0622 e. The minimum Gasteiger partial charge on any atom is -0.0622 e. The van der Waals surface area contributed by atoms with Gasteiger partial charge in [0, 0.05) is 10.8 Å². The molecule has 248 valence electrons. The van der Waals surface area contributed by atoms with Gasteiger partial charge in [-0.3, -0.25) is 0 Å². The number of hydrogen-bond acceptors (Lipinski definition) is 0. The van der Waals surface area contributed by atoms with E-state index >= 15 is 0 Å². The fourth-order valence-corrected chi connectivity index (χ4v) is 10.6. The fourth-order valence-electron chi connectivity index (χ4n) is 10.6. The minimum atomic E-state index is -0.0686. The zero-order valence-corrected chi connectivity index (χ0v) is 29.8. The number of hydrogen-bond donors (Lipinski definition) is 0. The third-order valence-corrected chi connectivity index (χ3v) is 13.0.